The molecular formula is C44H39N3O4. The summed E-state index contributed by atoms with van der Waals surface area (Å²) in [5.41, 5.74) is -0.387. The summed E-state index contributed by atoms with van der Waals surface area (Å²) in [4.78, 5) is 31.8. The Morgan fingerprint density at radius 1 is 0.647 bits per heavy atom. The first-order valence-corrected chi connectivity index (χ1v) is 17.3. The second-order valence-electron chi connectivity index (χ2n) is 14.3. The van der Waals surface area contributed by atoms with E-state index in [0.717, 1.165) is 27.3 Å². The number of methoxy groups -OCH3 is 1. The first kappa shape index (κ1) is 32.4. The quantitative estimate of drug-likeness (QED) is 0.0690. The number of amides is 1. The fourth-order valence-corrected chi connectivity index (χ4v) is 7.52. The van der Waals surface area contributed by atoms with Crippen molar-refractivity contribution in [3.63, 3.8) is 0 Å². The van der Waals surface area contributed by atoms with Crippen molar-refractivity contribution in [1.29, 1.82) is 0 Å². The number of carbonyl (C=O) groups is 2. The molecule has 2 N–H and O–H groups in total. The first-order valence-electron chi connectivity index (χ1n) is 17.3. The van der Waals surface area contributed by atoms with Crippen molar-refractivity contribution in [3.8, 4) is 0 Å². The van der Waals surface area contributed by atoms with Crippen LogP contribution in [0, 0.1) is 0 Å². The molecule has 0 saturated heterocycles. The van der Waals surface area contributed by atoms with Crippen molar-refractivity contribution in [3.05, 3.63) is 120 Å². The van der Waals surface area contributed by atoms with Gasteiger partial charge in [0, 0.05) is 19.2 Å². The van der Waals surface area contributed by atoms with E-state index in [-0.39, 0.29) is 13.0 Å². The fourth-order valence-electron chi connectivity index (χ4n) is 7.52. The number of nitrogens with one attached hydrogen (secondary N) is 2. The molecule has 8 aromatic carbocycles. The van der Waals surface area contributed by atoms with Crippen molar-refractivity contribution in [2.75, 3.05) is 7.11 Å². The highest BCUT2D eigenvalue weighted by Crippen LogP contribution is 2.37. The normalized spacial score (nSPS) is 13.6. The highest BCUT2D eigenvalue weighted by Gasteiger charge is 2.41. The smallest absolute Gasteiger partial charge is 0.409 e. The molecule has 1 amide bonds. The van der Waals surface area contributed by atoms with Gasteiger partial charge in [0.05, 0.1) is 13.7 Å². The number of nitrogens with zero attached hydrogens (tertiary/aromatic N) is 1. The number of ether oxygens (including phenoxy) is 2. The van der Waals surface area contributed by atoms with Gasteiger partial charge in [0.25, 0.3) is 0 Å². The van der Waals surface area contributed by atoms with Crippen LogP contribution in [0.25, 0.3) is 64.6 Å². The molecule has 0 aromatic heterocycles. The zero-order valence-corrected chi connectivity index (χ0v) is 29.2. The van der Waals surface area contributed by atoms with Crippen LogP contribution in [0.2, 0.25) is 0 Å². The Kier molecular flexibility index (Phi) is 7.96. The summed E-state index contributed by atoms with van der Waals surface area (Å²) in [7, 11) is 1.31. The SMILES string of the molecule is COC(=O)C(CC=NCc1ccc2ccc3cccc4ccc1c2c34)(NCc1ccc2ccc3cccc4ccc1c2c34)NC(=O)OC(C)(C)C. The molecular weight excluding hydrogens is 635 g/mol. The third-order valence-electron chi connectivity index (χ3n) is 9.85. The van der Waals surface area contributed by atoms with Gasteiger partial charge in [-0.1, -0.05) is 109 Å². The highest BCUT2D eigenvalue weighted by atomic mass is 16.6. The van der Waals surface area contributed by atoms with E-state index in [1.807, 2.05) is 0 Å². The lowest BCUT2D eigenvalue weighted by molar-refractivity contribution is -0.150. The maximum absolute atomic E-state index is 13.7. The zero-order valence-electron chi connectivity index (χ0n) is 29.2. The second-order valence-corrected chi connectivity index (χ2v) is 14.3. The molecule has 0 aliphatic carbocycles. The van der Waals surface area contributed by atoms with Gasteiger partial charge < -0.3 is 9.47 Å². The maximum atomic E-state index is 13.7. The average Bonchev–Trinajstić information content (AvgIpc) is 3.13. The molecule has 1 unspecified atom stereocenters. The van der Waals surface area contributed by atoms with Gasteiger partial charge in [-0.25, -0.2) is 9.59 Å². The Morgan fingerprint density at radius 3 is 1.65 bits per heavy atom. The van der Waals surface area contributed by atoms with Gasteiger partial charge in [-0.3, -0.25) is 15.6 Å². The molecule has 8 rings (SSSR count). The number of aliphatic imine (C=N–C) groups is 1. The minimum atomic E-state index is -1.66. The van der Waals surface area contributed by atoms with E-state index in [2.05, 4.69) is 120 Å². The molecule has 254 valence electrons. The third kappa shape index (κ3) is 5.83. The van der Waals surface area contributed by atoms with Crippen LogP contribution in [-0.2, 0) is 27.4 Å². The predicted molar refractivity (Wildman–Crippen MR) is 208 cm³/mol. The molecule has 0 spiro atoms. The van der Waals surface area contributed by atoms with E-state index < -0.39 is 23.3 Å². The predicted octanol–water partition coefficient (Wildman–Crippen LogP) is 9.63. The molecule has 0 saturated carbocycles. The van der Waals surface area contributed by atoms with E-state index in [4.69, 9.17) is 14.5 Å². The first-order chi connectivity index (χ1) is 24.6. The molecule has 0 radical (unpaired) electrons. The molecule has 51 heavy (non-hydrogen) atoms. The van der Waals surface area contributed by atoms with Crippen LogP contribution >= 0.6 is 0 Å². The number of carbonyl (C=O) groups excluding carboxylic acids is 2. The minimum absolute atomic E-state index is 0.0244. The van der Waals surface area contributed by atoms with Crippen LogP contribution in [0.4, 0.5) is 4.79 Å². The number of rotatable bonds is 9. The zero-order chi connectivity index (χ0) is 35.3. The monoisotopic (exact) mass is 673 g/mol. The van der Waals surface area contributed by atoms with Crippen molar-refractivity contribution in [1.82, 2.24) is 10.6 Å². The van der Waals surface area contributed by atoms with Gasteiger partial charge in [-0.05, 0) is 96.5 Å². The number of hydrogen-bond acceptors (Lipinski definition) is 6. The maximum Gasteiger partial charge on any atom is 0.409 e. The second kappa shape index (κ2) is 12.5. The largest absolute Gasteiger partial charge is 0.466 e. The van der Waals surface area contributed by atoms with Gasteiger partial charge in [0.15, 0.2) is 5.66 Å². The number of alkyl carbamates (subject to hydrolysis) is 1. The third-order valence-corrected chi connectivity index (χ3v) is 9.85. The number of esters is 1. The van der Waals surface area contributed by atoms with E-state index >= 15 is 0 Å². The van der Waals surface area contributed by atoms with Crippen LogP contribution in [0.5, 0.6) is 0 Å². The van der Waals surface area contributed by atoms with Gasteiger partial charge in [0.1, 0.15) is 5.60 Å². The molecule has 7 heteroatoms. The van der Waals surface area contributed by atoms with Crippen LogP contribution in [0.15, 0.2) is 114 Å². The van der Waals surface area contributed by atoms with Crippen molar-refractivity contribution in [2.45, 2.75) is 51.5 Å². The molecule has 0 aliphatic heterocycles. The van der Waals surface area contributed by atoms with E-state index in [1.165, 1.54) is 55.6 Å². The Balaban J connectivity index is 1.12. The van der Waals surface area contributed by atoms with E-state index in [9.17, 15) is 9.59 Å². The lowest BCUT2D eigenvalue weighted by Crippen LogP contribution is -2.65. The molecule has 0 bridgehead atoms. The van der Waals surface area contributed by atoms with Crippen LogP contribution in [0.1, 0.15) is 38.3 Å². The summed E-state index contributed by atoms with van der Waals surface area (Å²) in [5, 5.41) is 20.4. The lowest BCUT2D eigenvalue weighted by Gasteiger charge is -2.33. The van der Waals surface area contributed by atoms with Gasteiger partial charge in [-0.15, -0.1) is 0 Å². The van der Waals surface area contributed by atoms with Crippen molar-refractivity contribution < 1.29 is 19.1 Å². The fraction of sp³-hybridized carbons (Fsp3) is 0.205. The Labute approximate surface area is 295 Å². The number of benzene rings is 8. The molecule has 8 aromatic rings. The van der Waals surface area contributed by atoms with Crippen molar-refractivity contribution in [2.24, 2.45) is 4.99 Å². The molecule has 0 heterocycles. The van der Waals surface area contributed by atoms with E-state index in [1.54, 1.807) is 27.0 Å². The highest BCUT2D eigenvalue weighted by molar-refractivity contribution is 6.24. The molecule has 0 aliphatic rings. The summed E-state index contributed by atoms with van der Waals surface area (Å²) in [6.07, 6.45) is 0.968. The van der Waals surface area contributed by atoms with Crippen molar-refractivity contribution >= 4 is 82.9 Å². The van der Waals surface area contributed by atoms with Crippen LogP contribution in [-0.4, -0.2) is 36.7 Å². The topological polar surface area (TPSA) is 89.0 Å². The van der Waals surface area contributed by atoms with E-state index in [0.29, 0.717) is 6.54 Å². The molecule has 0 fully saturated rings. The molecule has 7 nitrogen and oxygen atoms in total. The van der Waals surface area contributed by atoms with Crippen LogP contribution in [0.3, 0.4) is 0 Å². The summed E-state index contributed by atoms with van der Waals surface area (Å²) in [6.45, 7) is 6.00. The number of hydrogen-bond donors (Lipinski definition) is 2. The van der Waals surface area contributed by atoms with Gasteiger partial charge >= 0.3 is 12.1 Å². The lowest BCUT2D eigenvalue weighted by atomic mass is 9.92. The summed E-state index contributed by atoms with van der Waals surface area (Å²) in [6, 6.07) is 38.3. The van der Waals surface area contributed by atoms with Gasteiger partial charge in [-0.2, -0.15) is 0 Å². The Hall–Kier alpha value is -5.79. The minimum Gasteiger partial charge on any atom is -0.466 e. The molecule has 1 atom stereocenters. The Bertz CT molecular complexity index is 2590. The van der Waals surface area contributed by atoms with Gasteiger partial charge in [0.2, 0.25) is 0 Å². The summed E-state index contributed by atoms with van der Waals surface area (Å²) in [5.74, 6) is -0.653. The average molecular weight is 674 g/mol. The summed E-state index contributed by atoms with van der Waals surface area (Å²) < 4.78 is 10.9. The Morgan fingerprint density at radius 2 is 1.12 bits per heavy atom. The summed E-state index contributed by atoms with van der Waals surface area (Å²) >= 11 is 0. The standard InChI is InChI=1S/C44H39N3O4/c1-43(2,3)51-42(49)47-44(41(48)50-4,46-26-34-18-16-32-14-12-28-8-6-10-30-20-22-36(34)40(32)38(28)30)23-24-45-25-33-17-15-31-13-11-27-7-5-9-29-19-21-35(33)39(31)37(27)29/h5-22,24,46H,23,25-26H2,1-4H3,(H,47,49). The van der Waals surface area contributed by atoms with Crippen LogP contribution < -0.4 is 10.6 Å².